The average molecular weight is 1550 g/mol. The molecule has 10 nitrogen and oxygen atoms in total. The lowest BCUT2D eigenvalue weighted by molar-refractivity contribution is -0.139. The van der Waals surface area contributed by atoms with Crippen LogP contribution in [-0.4, -0.2) is 44.4 Å². The van der Waals surface area contributed by atoms with E-state index in [0.29, 0.717) is 37.3 Å². The fraction of sp³-hybridized carbons (Fsp3) is 0.133. The van der Waals surface area contributed by atoms with Gasteiger partial charge in [-0.1, -0.05) is 0 Å². The summed E-state index contributed by atoms with van der Waals surface area (Å²) in [5.74, 6) is 1.10. The molecule has 0 aromatic heterocycles. The van der Waals surface area contributed by atoms with E-state index in [2.05, 4.69) is 181 Å². The number of phenols is 2. The SMILES string of the molecule is N[C@@H](Cc1cc(I)c(Oc2cc(I)c(O)c(I)c2)c(I)c1)C(=O)O.N[C@H](Cc1cc(I)c(Oc2cc(I)c(O)c(I)c2)c(I)c1)C(=O)O. The minimum absolute atomic E-state index is 0.242. The Morgan fingerprint density at radius 1 is 0.521 bits per heavy atom. The number of nitrogens with two attached hydrogens (primary N) is 2. The summed E-state index contributed by atoms with van der Waals surface area (Å²) in [4.78, 5) is 21.8. The summed E-state index contributed by atoms with van der Waals surface area (Å²) in [5, 5.41) is 37.5. The van der Waals surface area contributed by atoms with Crippen molar-refractivity contribution >= 4 is 193 Å². The Morgan fingerprint density at radius 3 is 1.00 bits per heavy atom. The van der Waals surface area contributed by atoms with Crippen molar-refractivity contribution in [3.8, 4) is 34.5 Å². The van der Waals surface area contributed by atoms with Crippen LogP contribution in [0.1, 0.15) is 11.1 Å². The summed E-state index contributed by atoms with van der Waals surface area (Å²) in [5.41, 5.74) is 12.9. The lowest BCUT2D eigenvalue weighted by Crippen LogP contribution is -2.32. The smallest absolute Gasteiger partial charge is 0.320 e. The molecule has 2 atom stereocenters. The van der Waals surface area contributed by atoms with Crippen molar-refractivity contribution in [2.75, 3.05) is 0 Å². The van der Waals surface area contributed by atoms with Crippen LogP contribution >= 0.6 is 181 Å². The van der Waals surface area contributed by atoms with Gasteiger partial charge in [0.25, 0.3) is 0 Å². The van der Waals surface area contributed by atoms with Gasteiger partial charge in [0.05, 0.1) is 28.6 Å². The van der Waals surface area contributed by atoms with Crippen molar-refractivity contribution in [1.29, 1.82) is 0 Å². The molecule has 0 bridgehead atoms. The molecule has 8 N–H and O–H groups in total. The normalized spacial score (nSPS) is 12.0. The fourth-order valence-electron chi connectivity index (χ4n) is 3.78. The van der Waals surface area contributed by atoms with E-state index in [1.165, 1.54) is 0 Å². The molecule has 0 heterocycles. The maximum Gasteiger partial charge on any atom is 0.320 e. The summed E-state index contributed by atoms with van der Waals surface area (Å²) in [6, 6.07) is 12.7. The second kappa shape index (κ2) is 19.7. The number of phenolic OH excluding ortho intramolecular Hbond substituents is 2. The van der Waals surface area contributed by atoms with Gasteiger partial charge in [0.1, 0.15) is 35.1 Å². The standard InChI is InChI=1S/2C15H11I4NO4/c2*16-8-4-7(5-9(17)13(8)21)24-14-10(18)1-6(2-11(14)19)3-12(20)15(22)23/h2*1-2,4-5,12,21H,3,20H2,(H,22,23)/t2*12-/m10/s1. The average Bonchev–Trinajstić information content (AvgIpc) is 2.98. The number of aromatic hydroxyl groups is 2. The first-order chi connectivity index (χ1) is 22.4. The molecule has 256 valence electrons. The Labute approximate surface area is 384 Å². The number of halogens is 8. The van der Waals surface area contributed by atoms with Gasteiger partial charge in [-0.05, 0) is 253 Å². The van der Waals surface area contributed by atoms with Crippen molar-refractivity contribution in [3.05, 3.63) is 88.2 Å². The van der Waals surface area contributed by atoms with Gasteiger partial charge in [-0.3, -0.25) is 9.59 Å². The van der Waals surface area contributed by atoms with Crippen LogP contribution < -0.4 is 20.9 Å². The third-order valence-corrected chi connectivity index (χ3v) is 12.6. The van der Waals surface area contributed by atoms with E-state index in [1.807, 2.05) is 24.3 Å². The van der Waals surface area contributed by atoms with Gasteiger partial charge in [-0.25, -0.2) is 0 Å². The first-order valence-corrected chi connectivity index (χ1v) is 21.6. The third kappa shape index (κ3) is 12.4. The highest BCUT2D eigenvalue weighted by Crippen LogP contribution is 2.38. The first-order valence-electron chi connectivity index (χ1n) is 13.0. The van der Waals surface area contributed by atoms with Crippen LogP contribution in [0.3, 0.4) is 0 Å². The van der Waals surface area contributed by atoms with Gasteiger partial charge in [0.15, 0.2) is 11.5 Å². The molecule has 0 aliphatic rings. The Morgan fingerprint density at radius 2 is 0.771 bits per heavy atom. The molecular formula is C30H22I8N2O8. The lowest BCUT2D eigenvalue weighted by Gasteiger charge is -2.14. The number of carbonyl (C=O) groups is 2. The van der Waals surface area contributed by atoms with Crippen molar-refractivity contribution in [2.24, 2.45) is 11.5 Å². The molecule has 18 heteroatoms. The number of hydrogen-bond acceptors (Lipinski definition) is 8. The van der Waals surface area contributed by atoms with E-state index in [0.717, 1.165) is 25.4 Å². The molecule has 0 aliphatic heterocycles. The molecule has 0 saturated carbocycles. The number of benzene rings is 4. The fourth-order valence-corrected chi connectivity index (χ4v) is 11.4. The monoisotopic (exact) mass is 1550 g/mol. The topological polar surface area (TPSA) is 186 Å². The van der Waals surface area contributed by atoms with Crippen LogP contribution in [0.25, 0.3) is 0 Å². The minimum Gasteiger partial charge on any atom is -0.506 e. The molecule has 0 unspecified atom stereocenters. The van der Waals surface area contributed by atoms with Gasteiger partial charge >= 0.3 is 11.9 Å². The van der Waals surface area contributed by atoms with Crippen LogP contribution in [0, 0.1) is 28.6 Å². The van der Waals surface area contributed by atoms with Crippen LogP contribution in [0.4, 0.5) is 0 Å². The Kier molecular flexibility index (Phi) is 17.8. The van der Waals surface area contributed by atoms with E-state index in [4.69, 9.17) is 31.2 Å². The Hall–Kier alpha value is 0.780. The number of carboxylic acids is 2. The number of aliphatic carboxylic acids is 2. The molecule has 0 saturated heterocycles. The van der Waals surface area contributed by atoms with Crippen LogP contribution in [0.2, 0.25) is 0 Å². The zero-order valence-corrected chi connectivity index (χ0v) is 41.0. The highest BCUT2D eigenvalue weighted by Gasteiger charge is 2.18. The number of hydrogen-bond donors (Lipinski definition) is 6. The number of ether oxygens (including phenoxy) is 2. The highest BCUT2D eigenvalue weighted by molar-refractivity contribution is 14.1. The number of carboxylic acid groups (broad SMARTS) is 2. The van der Waals surface area contributed by atoms with E-state index in [-0.39, 0.29) is 24.3 Å². The zero-order valence-electron chi connectivity index (χ0n) is 23.8. The zero-order chi connectivity index (χ0) is 36.0. The summed E-state index contributed by atoms with van der Waals surface area (Å²) in [6.07, 6.45) is 0.521. The maximum atomic E-state index is 10.9. The summed E-state index contributed by atoms with van der Waals surface area (Å²) < 4.78 is 18.3. The van der Waals surface area contributed by atoms with Gasteiger partial charge in [-0.15, -0.1) is 0 Å². The van der Waals surface area contributed by atoms with Crippen LogP contribution in [0.5, 0.6) is 34.5 Å². The van der Waals surface area contributed by atoms with E-state index in [9.17, 15) is 19.8 Å². The van der Waals surface area contributed by atoms with Crippen LogP contribution in [-0.2, 0) is 22.4 Å². The van der Waals surface area contributed by atoms with Crippen molar-refractivity contribution < 1.29 is 39.5 Å². The minimum atomic E-state index is -1.02. The largest absolute Gasteiger partial charge is 0.506 e. The van der Waals surface area contributed by atoms with E-state index < -0.39 is 24.0 Å². The molecule has 0 radical (unpaired) electrons. The molecule has 48 heavy (non-hydrogen) atoms. The van der Waals surface area contributed by atoms with Gasteiger partial charge in [0, 0.05) is 0 Å². The first kappa shape index (κ1) is 43.2. The molecular weight excluding hydrogens is 1530 g/mol. The third-order valence-electron chi connectivity index (χ3n) is 6.08. The van der Waals surface area contributed by atoms with E-state index in [1.54, 1.807) is 24.3 Å². The number of rotatable bonds is 10. The molecule has 0 amide bonds. The summed E-state index contributed by atoms with van der Waals surface area (Å²) in [7, 11) is 0. The lowest BCUT2D eigenvalue weighted by atomic mass is 10.1. The quantitative estimate of drug-likeness (QED) is 0.0838. The van der Waals surface area contributed by atoms with Gasteiger partial charge < -0.3 is 41.4 Å². The molecule has 4 aromatic rings. The highest BCUT2D eigenvalue weighted by atomic mass is 127. The van der Waals surface area contributed by atoms with Crippen molar-refractivity contribution in [2.45, 2.75) is 24.9 Å². The van der Waals surface area contributed by atoms with Gasteiger partial charge in [0.2, 0.25) is 0 Å². The second-order valence-electron chi connectivity index (χ2n) is 9.75. The van der Waals surface area contributed by atoms with Crippen LogP contribution in [0.15, 0.2) is 48.5 Å². The molecule has 4 rings (SSSR count). The molecule has 0 fully saturated rings. The van der Waals surface area contributed by atoms with Crippen molar-refractivity contribution in [3.63, 3.8) is 0 Å². The Bertz CT molecular complexity index is 1640. The van der Waals surface area contributed by atoms with E-state index >= 15 is 0 Å². The molecule has 0 aliphatic carbocycles. The van der Waals surface area contributed by atoms with Crippen molar-refractivity contribution in [1.82, 2.24) is 0 Å². The van der Waals surface area contributed by atoms with Gasteiger partial charge in [-0.2, -0.15) is 0 Å². The molecule has 0 spiro atoms. The maximum absolute atomic E-state index is 10.9. The Balaban J connectivity index is 0.000000260. The predicted octanol–water partition coefficient (Wildman–Crippen LogP) is 9.11. The predicted molar refractivity (Wildman–Crippen MR) is 250 cm³/mol. The second-order valence-corrected chi connectivity index (χ2v) is 19.0. The molecule has 4 aromatic carbocycles. The summed E-state index contributed by atoms with van der Waals surface area (Å²) >= 11 is 16.8. The summed E-state index contributed by atoms with van der Waals surface area (Å²) in [6.45, 7) is 0.